The Morgan fingerprint density at radius 3 is 2.65 bits per heavy atom. The van der Waals surface area contributed by atoms with E-state index < -0.39 is 5.97 Å². The van der Waals surface area contributed by atoms with Gasteiger partial charge in [0, 0.05) is 17.4 Å². The second kappa shape index (κ2) is 6.39. The monoisotopic (exact) mass is 299 g/mol. The highest BCUT2D eigenvalue weighted by atomic mass is 79.9. The van der Waals surface area contributed by atoms with E-state index >= 15 is 0 Å². The molecule has 0 saturated carbocycles. The van der Waals surface area contributed by atoms with Crippen molar-refractivity contribution >= 4 is 27.8 Å². The minimum Gasteiger partial charge on any atom is -0.480 e. The Morgan fingerprint density at radius 2 is 2.12 bits per heavy atom. The molecule has 1 aromatic carbocycles. The maximum Gasteiger partial charge on any atom is 0.323 e. The van der Waals surface area contributed by atoms with Crippen molar-refractivity contribution in [3.63, 3.8) is 0 Å². The van der Waals surface area contributed by atoms with Crippen molar-refractivity contribution in [3.05, 3.63) is 34.3 Å². The Labute approximate surface area is 108 Å². The van der Waals surface area contributed by atoms with Crippen LogP contribution in [0.1, 0.15) is 18.9 Å². The fourth-order valence-corrected chi connectivity index (χ4v) is 1.92. The molecule has 0 aliphatic heterocycles. The summed E-state index contributed by atoms with van der Waals surface area (Å²) < 4.78 is 0.911. The van der Waals surface area contributed by atoms with E-state index in [-0.39, 0.29) is 12.5 Å². The number of carboxylic acid groups (broad SMARTS) is 1. The third kappa shape index (κ3) is 4.56. The van der Waals surface area contributed by atoms with Crippen LogP contribution in [-0.4, -0.2) is 28.4 Å². The van der Waals surface area contributed by atoms with Crippen LogP contribution in [0.3, 0.4) is 0 Å². The van der Waals surface area contributed by atoms with Crippen molar-refractivity contribution < 1.29 is 14.7 Å². The van der Waals surface area contributed by atoms with Crippen molar-refractivity contribution in [2.75, 3.05) is 6.54 Å². The van der Waals surface area contributed by atoms with Crippen LogP contribution in [0.25, 0.3) is 0 Å². The van der Waals surface area contributed by atoms with Gasteiger partial charge in [0.2, 0.25) is 5.91 Å². The highest BCUT2D eigenvalue weighted by Crippen LogP contribution is 2.13. The van der Waals surface area contributed by atoms with E-state index in [0.717, 1.165) is 10.0 Å². The number of rotatable bonds is 5. The Kier molecular flexibility index (Phi) is 5.15. The van der Waals surface area contributed by atoms with Crippen molar-refractivity contribution in [2.45, 2.75) is 19.9 Å². The van der Waals surface area contributed by atoms with Crippen LogP contribution >= 0.6 is 15.9 Å². The molecule has 5 heteroatoms. The lowest BCUT2D eigenvalue weighted by molar-refractivity contribution is -0.144. The molecular weight excluding hydrogens is 286 g/mol. The van der Waals surface area contributed by atoms with E-state index in [2.05, 4.69) is 15.9 Å². The van der Waals surface area contributed by atoms with Gasteiger partial charge in [-0.1, -0.05) is 35.0 Å². The van der Waals surface area contributed by atoms with Gasteiger partial charge < -0.3 is 10.0 Å². The zero-order chi connectivity index (χ0) is 12.8. The van der Waals surface area contributed by atoms with Gasteiger partial charge in [0.15, 0.2) is 0 Å². The fourth-order valence-electron chi connectivity index (χ4n) is 1.47. The average molecular weight is 300 g/mol. The van der Waals surface area contributed by atoms with Crippen LogP contribution in [0.15, 0.2) is 28.7 Å². The van der Waals surface area contributed by atoms with E-state index in [1.54, 1.807) is 6.92 Å². The second-order valence-electron chi connectivity index (χ2n) is 3.63. The van der Waals surface area contributed by atoms with Gasteiger partial charge in [-0.3, -0.25) is 9.59 Å². The van der Waals surface area contributed by atoms with Crippen LogP contribution in [0, 0.1) is 0 Å². The number of aliphatic carboxylic acids is 1. The summed E-state index contributed by atoms with van der Waals surface area (Å²) in [5.41, 5.74) is 0.905. The summed E-state index contributed by atoms with van der Waals surface area (Å²) in [5, 5.41) is 8.76. The molecule has 4 nitrogen and oxygen atoms in total. The SMILES string of the molecule is CCC(=O)N(CC(=O)O)Cc1cccc(Br)c1. The van der Waals surface area contributed by atoms with Gasteiger partial charge in [-0.25, -0.2) is 0 Å². The standard InChI is InChI=1S/C12H14BrNO3/c1-2-11(15)14(8-12(16)17)7-9-4-3-5-10(13)6-9/h3-6H,2,7-8H2,1H3,(H,16,17). The molecule has 92 valence electrons. The van der Waals surface area contributed by atoms with Gasteiger partial charge >= 0.3 is 5.97 Å². The predicted octanol–water partition coefficient (Wildman–Crippen LogP) is 2.27. The largest absolute Gasteiger partial charge is 0.480 e. The molecule has 0 fully saturated rings. The Hall–Kier alpha value is -1.36. The topological polar surface area (TPSA) is 57.6 Å². The summed E-state index contributed by atoms with van der Waals surface area (Å²) >= 11 is 3.34. The first-order chi connectivity index (χ1) is 8.02. The molecule has 0 aliphatic carbocycles. The molecule has 0 aliphatic rings. The Balaban J connectivity index is 2.78. The molecule has 0 heterocycles. The normalized spacial score (nSPS) is 10.0. The molecule has 1 amide bonds. The summed E-state index contributed by atoms with van der Waals surface area (Å²) in [6, 6.07) is 7.47. The first-order valence-corrected chi connectivity index (χ1v) is 6.06. The van der Waals surface area contributed by atoms with Crippen LogP contribution in [-0.2, 0) is 16.1 Å². The smallest absolute Gasteiger partial charge is 0.323 e. The van der Waals surface area contributed by atoms with Crippen LogP contribution < -0.4 is 0 Å². The van der Waals surface area contributed by atoms with Gasteiger partial charge in [0.05, 0.1) is 0 Å². The average Bonchev–Trinajstić information content (AvgIpc) is 2.26. The Morgan fingerprint density at radius 1 is 1.41 bits per heavy atom. The molecule has 17 heavy (non-hydrogen) atoms. The summed E-state index contributed by atoms with van der Waals surface area (Å²) in [6.45, 7) is 1.77. The van der Waals surface area contributed by atoms with Gasteiger partial charge in [0.25, 0.3) is 0 Å². The van der Waals surface area contributed by atoms with Gasteiger partial charge in [-0.2, -0.15) is 0 Å². The number of carbonyl (C=O) groups excluding carboxylic acids is 1. The number of carbonyl (C=O) groups is 2. The molecule has 0 aromatic heterocycles. The molecule has 0 radical (unpaired) electrons. The summed E-state index contributed by atoms with van der Waals surface area (Å²) in [5.74, 6) is -1.16. The van der Waals surface area contributed by atoms with E-state index in [9.17, 15) is 9.59 Å². The highest BCUT2D eigenvalue weighted by Gasteiger charge is 2.15. The first-order valence-electron chi connectivity index (χ1n) is 5.27. The van der Waals surface area contributed by atoms with Gasteiger partial charge in [0.1, 0.15) is 6.54 Å². The van der Waals surface area contributed by atoms with Gasteiger partial charge in [-0.05, 0) is 17.7 Å². The molecule has 1 N–H and O–H groups in total. The van der Waals surface area contributed by atoms with Crippen molar-refractivity contribution in [1.29, 1.82) is 0 Å². The number of carboxylic acids is 1. The zero-order valence-corrected chi connectivity index (χ0v) is 11.1. The molecular formula is C12H14BrNO3. The summed E-state index contributed by atoms with van der Waals surface area (Å²) in [6.07, 6.45) is 0.307. The molecule has 1 rings (SSSR count). The first kappa shape index (κ1) is 13.7. The summed E-state index contributed by atoms with van der Waals surface area (Å²) in [7, 11) is 0. The lowest BCUT2D eigenvalue weighted by Crippen LogP contribution is -2.34. The highest BCUT2D eigenvalue weighted by molar-refractivity contribution is 9.10. The second-order valence-corrected chi connectivity index (χ2v) is 4.54. The molecule has 0 spiro atoms. The number of halogens is 1. The van der Waals surface area contributed by atoms with E-state index in [1.165, 1.54) is 4.90 Å². The third-order valence-corrected chi connectivity index (χ3v) is 2.74. The number of hydrogen-bond donors (Lipinski definition) is 1. The molecule has 0 atom stereocenters. The lowest BCUT2D eigenvalue weighted by atomic mass is 10.2. The van der Waals surface area contributed by atoms with Crippen LogP contribution in [0.5, 0.6) is 0 Å². The molecule has 0 unspecified atom stereocenters. The third-order valence-electron chi connectivity index (χ3n) is 2.24. The van der Waals surface area contributed by atoms with Gasteiger partial charge in [-0.15, -0.1) is 0 Å². The Bertz CT molecular complexity index is 420. The van der Waals surface area contributed by atoms with Crippen molar-refractivity contribution in [2.24, 2.45) is 0 Å². The quantitative estimate of drug-likeness (QED) is 0.907. The molecule has 0 saturated heterocycles. The minimum absolute atomic E-state index is 0.160. The number of benzene rings is 1. The van der Waals surface area contributed by atoms with Crippen LogP contribution in [0.2, 0.25) is 0 Å². The molecule has 0 bridgehead atoms. The molecule has 1 aromatic rings. The zero-order valence-electron chi connectivity index (χ0n) is 9.52. The van der Waals surface area contributed by atoms with E-state index in [0.29, 0.717) is 13.0 Å². The number of amides is 1. The predicted molar refractivity (Wildman–Crippen MR) is 67.5 cm³/mol. The van der Waals surface area contributed by atoms with Crippen molar-refractivity contribution in [1.82, 2.24) is 4.90 Å². The number of nitrogens with zero attached hydrogens (tertiary/aromatic N) is 1. The lowest BCUT2D eigenvalue weighted by Gasteiger charge is -2.20. The minimum atomic E-state index is -0.998. The fraction of sp³-hybridized carbons (Fsp3) is 0.333. The maximum absolute atomic E-state index is 11.6. The number of hydrogen-bond acceptors (Lipinski definition) is 2. The van der Waals surface area contributed by atoms with E-state index in [4.69, 9.17) is 5.11 Å². The summed E-state index contributed by atoms with van der Waals surface area (Å²) in [4.78, 5) is 23.6. The maximum atomic E-state index is 11.6. The van der Waals surface area contributed by atoms with Crippen LogP contribution in [0.4, 0.5) is 0 Å². The van der Waals surface area contributed by atoms with Crippen molar-refractivity contribution in [3.8, 4) is 0 Å². The van der Waals surface area contributed by atoms with E-state index in [1.807, 2.05) is 24.3 Å².